The maximum atomic E-state index is 5.79. The summed E-state index contributed by atoms with van der Waals surface area (Å²) in [6, 6.07) is 0.415. The Labute approximate surface area is 85.7 Å². The molecular weight excluding hydrogens is 176 g/mol. The van der Waals surface area contributed by atoms with Crippen LogP contribution in [0.25, 0.3) is 0 Å². The molecule has 1 atom stereocenters. The highest BCUT2D eigenvalue weighted by Gasteiger charge is 2.09. The largest absolute Gasteiger partial charge is 0.369 e. The van der Waals surface area contributed by atoms with Crippen molar-refractivity contribution in [2.24, 2.45) is 0 Å². The van der Waals surface area contributed by atoms with E-state index in [1.807, 2.05) is 17.7 Å². The highest BCUT2D eigenvalue weighted by molar-refractivity contribution is 5.22. The van der Waals surface area contributed by atoms with E-state index in [0.717, 1.165) is 18.7 Å². The minimum atomic E-state index is 0.415. The summed E-state index contributed by atoms with van der Waals surface area (Å²) < 4.78 is 2.04. The highest BCUT2D eigenvalue weighted by Crippen LogP contribution is 2.16. The van der Waals surface area contributed by atoms with E-state index in [-0.39, 0.29) is 0 Å². The molecule has 0 aromatic carbocycles. The van der Waals surface area contributed by atoms with E-state index in [9.17, 15) is 0 Å². The van der Waals surface area contributed by atoms with E-state index < -0.39 is 0 Å². The molecule has 0 saturated carbocycles. The number of nitrogens with two attached hydrogens (primary N) is 1. The van der Waals surface area contributed by atoms with Crippen LogP contribution in [0.3, 0.4) is 0 Å². The van der Waals surface area contributed by atoms with Gasteiger partial charge >= 0.3 is 0 Å². The molecular formula is C10H20N4. The van der Waals surface area contributed by atoms with Crippen LogP contribution in [0.5, 0.6) is 0 Å². The van der Waals surface area contributed by atoms with Crippen LogP contribution in [-0.2, 0) is 0 Å². The monoisotopic (exact) mass is 196 g/mol. The van der Waals surface area contributed by atoms with Gasteiger partial charge in [0.2, 0.25) is 5.95 Å². The van der Waals surface area contributed by atoms with E-state index in [4.69, 9.17) is 5.73 Å². The Morgan fingerprint density at radius 1 is 1.57 bits per heavy atom. The second-order valence-electron chi connectivity index (χ2n) is 4.09. The van der Waals surface area contributed by atoms with Crippen molar-refractivity contribution in [2.75, 3.05) is 26.4 Å². The Balaban J connectivity index is 2.60. The van der Waals surface area contributed by atoms with Crippen LogP contribution in [0.15, 0.2) is 6.20 Å². The van der Waals surface area contributed by atoms with Crippen molar-refractivity contribution in [1.29, 1.82) is 0 Å². The third-order valence-corrected chi connectivity index (χ3v) is 2.35. The summed E-state index contributed by atoms with van der Waals surface area (Å²) in [6.07, 6.45) is 3.10. The number of aromatic nitrogens is 2. The van der Waals surface area contributed by atoms with Crippen LogP contribution in [0.4, 0.5) is 5.95 Å². The second kappa shape index (κ2) is 4.46. The predicted molar refractivity (Wildman–Crippen MR) is 59.3 cm³/mol. The highest BCUT2D eigenvalue weighted by atomic mass is 15.2. The molecule has 0 saturated heterocycles. The maximum absolute atomic E-state index is 5.79. The maximum Gasteiger partial charge on any atom is 0.200 e. The summed E-state index contributed by atoms with van der Waals surface area (Å²) in [4.78, 5) is 6.36. The van der Waals surface area contributed by atoms with Crippen molar-refractivity contribution in [1.82, 2.24) is 14.5 Å². The van der Waals surface area contributed by atoms with Gasteiger partial charge in [-0.15, -0.1) is 0 Å². The van der Waals surface area contributed by atoms with E-state index in [0.29, 0.717) is 12.0 Å². The molecule has 80 valence electrons. The summed E-state index contributed by atoms with van der Waals surface area (Å²) in [5.41, 5.74) is 6.77. The van der Waals surface area contributed by atoms with E-state index in [1.54, 1.807) is 0 Å². The number of hydrogen-bond acceptors (Lipinski definition) is 3. The van der Waals surface area contributed by atoms with Gasteiger partial charge in [-0.2, -0.15) is 0 Å². The van der Waals surface area contributed by atoms with Gasteiger partial charge in [-0.1, -0.05) is 0 Å². The van der Waals surface area contributed by atoms with Crippen molar-refractivity contribution < 1.29 is 0 Å². The van der Waals surface area contributed by atoms with Gasteiger partial charge in [0.1, 0.15) is 0 Å². The van der Waals surface area contributed by atoms with Crippen LogP contribution < -0.4 is 5.73 Å². The third-order valence-electron chi connectivity index (χ3n) is 2.35. The Kier molecular flexibility index (Phi) is 3.52. The number of anilines is 1. The van der Waals surface area contributed by atoms with Crippen LogP contribution in [0, 0.1) is 6.92 Å². The van der Waals surface area contributed by atoms with Crippen LogP contribution in [-0.4, -0.2) is 35.1 Å². The Bertz CT molecular complexity index is 290. The van der Waals surface area contributed by atoms with Crippen molar-refractivity contribution in [3.8, 4) is 0 Å². The number of aryl methyl sites for hydroxylation is 1. The summed E-state index contributed by atoms with van der Waals surface area (Å²) >= 11 is 0. The van der Waals surface area contributed by atoms with Gasteiger partial charge in [0.05, 0.1) is 5.69 Å². The minimum absolute atomic E-state index is 0.415. The first-order valence-corrected chi connectivity index (χ1v) is 4.96. The lowest BCUT2D eigenvalue weighted by molar-refractivity contribution is 0.359. The molecule has 1 unspecified atom stereocenters. The molecule has 0 aliphatic carbocycles. The van der Waals surface area contributed by atoms with Gasteiger partial charge in [-0.3, -0.25) is 0 Å². The molecule has 1 heterocycles. The second-order valence-corrected chi connectivity index (χ2v) is 4.09. The van der Waals surface area contributed by atoms with Crippen LogP contribution >= 0.6 is 0 Å². The fraction of sp³-hybridized carbons (Fsp3) is 0.700. The Morgan fingerprint density at radius 2 is 2.21 bits per heavy atom. The first-order chi connectivity index (χ1) is 6.50. The quantitative estimate of drug-likeness (QED) is 0.789. The van der Waals surface area contributed by atoms with Crippen molar-refractivity contribution >= 4 is 5.95 Å². The molecule has 0 aliphatic heterocycles. The number of imidazole rings is 1. The molecule has 0 radical (unpaired) electrons. The third kappa shape index (κ3) is 2.73. The molecule has 1 aromatic rings. The van der Waals surface area contributed by atoms with Crippen LogP contribution in [0.2, 0.25) is 0 Å². The summed E-state index contributed by atoms with van der Waals surface area (Å²) in [5, 5.41) is 0. The Hall–Kier alpha value is -1.03. The molecule has 1 rings (SSSR count). The smallest absolute Gasteiger partial charge is 0.200 e. The molecule has 2 N–H and O–H groups in total. The van der Waals surface area contributed by atoms with Gasteiger partial charge in [0.25, 0.3) is 0 Å². The topological polar surface area (TPSA) is 47.1 Å². The predicted octanol–water partition coefficient (Wildman–Crippen LogP) is 1.29. The summed E-state index contributed by atoms with van der Waals surface area (Å²) in [5.74, 6) is 0.619. The lowest BCUT2D eigenvalue weighted by Gasteiger charge is -2.17. The number of rotatable bonds is 4. The zero-order valence-electron chi connectivity index (χ0n) is 9.49. The number of hydrogen-bond donors (Lipinski definition) is 1. The Morgan fingerprint density at radius 3 is 2.64 bits per heavy atom. The number of nitrogen functional groups attached to an aromatic ring is 1. The molecule has 1 aromatic heterocycles. The summed E-state index contributed by atoms with van der Waals surface area (Å²) in [6.45, 7) is 5.20. The van der Waals surface area contributed by atoms with E-state index in [2.05, 4.69) is 30.9 Å². The van der Waals surface area contributed by atoms with Crippen molar-refractivity contribution in [3.63, 3.8) is 0 Å². The lowest BCUT2D eigenvalue weighted by Crippen LogP contribution is -2.18. The normalized spacial score (nSPS) is 13.5. The lowest BCUT2D eigenvalue weighted by atomic mass is 10.2. The van der Waals surface area contributed by atoms with Gasteiger partial charge in [0, 0.05) is 12.2 Å². The molecule has 0 bridgehead atoms. The molecule has 0 spiro atoms. The van der Waals surface area contributed by atoms with Gasteiger partial charge < -0.3 is 15.2 Å². The minimum Gasteiger partial charge on any atom is -0.369 e. The summed E-state index contributed by atoms with van der Waals surface area (Å²) in [7, 11) is 4.16. The molecule has 4 nitrogen and oxygen atoms in total. The first-order valence-electron chi connectivity index (χ1n) is 4.96. The fourth-order valence-electron chi connectivity index (χ4n) is 1.47. The molecule has 0 fully saturated rings. The zero-order chi connectivity index (χ0) is 10.7. The molecule has 0 amide bonds. The van der Waals surface area contributed by atoms with Crippen molar-refractivity contribution in [3.05, 3.63) is 11.9 Å². The standard InChI is InChI=1S/C10H20N4/c1-8-7-14(10(11)12-8)9(2)5-6-13(3)4/h7,9H,5-6H2,1-4H3,(H2,11,12). The van der Waals surface area contributed by atoms with E-state index in [1.165, 1.54) is 0 Å². The first kappa shape index (κ1) is 11.0. The van der Waals surface area contributed by atoms with Crippen molar-refractivity contribution in [2.45, 2.75) is 26.3 Å². The molecule has 4 heteroatoms. The fourth-order valence-corrected chi connectivity index (χ4v) is 1.47. The average Bonchev–Trinajstić information content (AvgIpc) is 2.41. The number of nitrogens with zero attached hydrogens (tertiary/aromatic N) is 3. The van der Waals surface area contributed by atoms with Gasteiger partial charge in [-0.25, -0.2) is 4.98 Å². The average molecular weight is 196 g/mol. The molecule has 14 heavy (non-hydrogen) atoms. The van der Waals surface area contributed by atoms with Gasteiger partial charge in [0.15, 0.2) is 0 Å². The van der Waals surface area contributed by atoms with Crippen LogP contribution in [0.1, 0.15) is 25.1 Å². The molecule has 0 aliphatic rings. The SMILES string of the molecule is Cc1cn(C(C)CCN(C)C)c(N)n1. The van der Waals surface area contributed by atoms with E-state index >= 15 is 0 Å². The zero-order valence-corrected chi connectivity index (χ0v) is 9.49. The van der Waals surface area contributed by atoms with Gasteiger partial charge in [-0.05, 0) is 40.9 Å².